The van der Waals surface area contributed by atoms with Crippen LogP contribution in [0.2, 0.25) is 0 Å². The summed E-state index contributed by atoms with van der Waals surface area (Å²) in [5, 5.41) is 5.08. The molecule has 0 fully saturated rings. The number of esters is 1. The Hall–Kier alpha value is -2.57. The standard InChI is InChI=1S/C15H21N3O4/c1-9(2)15(3,13(16)20)18-14(21)17-11-8-6-5-7-10(11)12(19)22-4/h5-9H,1-4H3,(H2,16,20)(H2,17,18,21). The average Bonchev–Trinajstić information content (AvgIpc) is 2.46. The fourth-order valence-electron chi connectivity index (χ4n) is 1.76. The number of anilines is 1. The van der Waals surface area contributed by atoms with Crippen LogP contribution in [-0.4, -0.2) is 30.6 Å². The fraction of sp³-hybridized carbons (Fsp3) is 0.400. The van der Waals surface area contributed by atoms with E-state index in [1.54, 1.807) is 39.0 Å². The number of hydrogen-bond donors (Lipinski definition) is 3. The zero-order valence-corrected chi connectivity index (χ0v) is 13.1. The highest BCUT2D eigenvalue weighted by molar-refractivity contribution is 6.02. The predicted octanol–water partition coefficient (Wildman–Crippen LogP) is 1.49. The van der Waals surface area contributed by atoms with Crippen molar-refractivity contribution in [2.45, 2.75) is 26.3 Å². The molecule has 1 aromatic carbocycles. The molecule has 120 valence electrons. The van der Waals surface area contributed by atoms with Gasteiger partial charge in [0.2, 0.25) is 5.91 Å². The van der Waals surface area contributed by atoms with Crippen molar-refractivity contribution in [1.82, 2.24) is 5.32 Å². The van der Waals surface area contributed by atoms with Crippen LogP contribution in [0.5, 0.6) is 0 Å². The van der Waals surface area contributed by atoms with Crippen molar-refractivity contribution in [3.63, 3.8) is 0 Å². The highest BCUT2D eigenvalue weighted by atomic mass is 16.5. The predicted molar refractivity (Wildman–Crippen MR) is 82.4 cm³/mol. The van der Waals surface area contributed by atoms with Crippen LogP contribution in [0.25, 0.3) is 0 Å². The van der Waals surface area contributed by atoms with Gasteiger partial charge in [0, 0.05) is 0 Å². The SMILES string of the molecule is COC(=O)c1ccccc1NC(=O)NC(C)(C(N)=O)C(C)C. The smallest absolute Gasteiger partial charge is 0.339 e. The van der Waals surface area contributed by atoms with Gasteiger partial charge in [-0.05, 0) is 25.0 Å². The Morgan fingerprint density at radius 2 is 1.82 bits per heavy atom. The summed E-state index contributed by atoms with van der Waals surface area (Å²) in [7, 11) is 1.25. The van der Waals surface area contributed by atoms with Gasteiger partial charge in [0.25, 0.3) is 0 Å². The van der Waals surface area contributed by atoms with Crippen LogP contribution >= 0.6 is 0 Å². The molecule has 0 saturated heterocycles. The number of ether oxygens (including phenoxy) is 1. The topological polar surface area (TPSA) is 111 Å². The molecule has 4 N–H and O–H groups in total. The van der Waals surface area contributed by atoms with Gasteiger partial charge in [-0.15, -0.1) is 0 Å². The van der Waals surface area contributed by atoms with E-state index in [0.717, 1.165) is 0 Å². The van der Waals surface area contributed by atoms with Crippen LogP contribution in [0, 0.1) is 5.92 Å². The lowest BCUT2D eigenvalue weighted by Gasteiger charge is -2.31. The Morgan fingerprint density at radius 1 is 1.23 bits per heavy atom. The minimum Gasteiger partial charge on any atom is -0.465 e. The number of nitrogens with one attached hydrogen (secondary N) is 2. The number of para-hydroxylation sites is 1. The van der Waals surface area contributed by atoms with Gasteiger partial charge in [-0.25, -0.2) is 9.59 Å². The number of carbonyl (C=O) groups is 3. The molecule has 1 atom stereocenters. The van der Waals surface area contributed by atoms with E-state index in [1.165, 1.54) is 13.2 Å². The molecule has 7 nitrogen and oxygen atoms in total. The normalized spacial score (nSPS) is 13.1. The summed E-state index contributed by atoms with van der Waals surface area (Å²) in [6.45, 7) is 5.09. The number of rotatable bonds is 5. The number of hydrogen-bond acceptors (Lipinski definition) is 4. The molecule has 0 saturated carbocycles. The zero-order valence-electron chi connectivity index (χ0n) is 13.1. The second-order valence-electron chi connectivity index (χ2n) is 5.34. The molecule has 0 bridgehead atoms. The van der Waals surface area contributed by atoms with Crippen molar-refractivity contribution in [1.29, 1.82) is 0 Å². The van der Waals surface area contributed by atoms with Crippen LogP contribution in [0.4, 0.5) is 10.5 Å². The first-order valence-corrected chi connectivity index (χ1v) is 6.78. The van der Waals surface area contributed by atoms with E-state index >= 15 is 0 Å². The number of methoxy groups -OCH3 is 1. The molecule has 22 heavy (non-hydrogen) atoms. The van der Waals surface area contributed by atoms with Crippen LogP contribution in [0.1, 0.15) is 31.1 Å². The van der Waals surface area contributed by atoms with Crippen molar-refractivity contribution >= 4 is 23.6 Å². The van der Waals surface area contributed by atoms with Crippen molar-refractivity contribution in [2.75, 3.05) is 12.4 Å². The van der Waals surface area contributed by atoms with Crippen molar-refractivity contribution in [3.05, 3.63) is 29.8 Å². The minimum atomic E-state index is -1.20. The van der Waals surface area contributed by atoms with E-state index in [2.05, 4.69) is 15.4 Å². The van der Waals surface area contributed by atoms with Crippen LogP contribution in [0.3, 0.4) is 0 Å². The van der Waals surface area contributed by atoms with Crippen molar-refractivity contribution in [2.24, 2.45) is 11.7 Å². The number of primary amides is 1. The highest BCUT2D eigenvalue weighted by Gasteiger charge is 2.36. The molecular formula is C15H21N3O4. The second kappa shape index (κ2) is 6.93. The van der Waals surface area contributed by atoms with Gasteiger partial charge in [-0.1, -0.05) is 26.0 Å². The number of urea groups is 1. The molecule has 0 aliphatic rings. The Balaban J connectivity index is 2.95. The summed E-state index contributed by atoms with van der Waals surface area (Å²) in [5.41, 5.74) is 4.65. The van der Waals surface area contributed by atoms with Gasteiger partial charge in [0.05, 0.1) is 18.4 Å². The zero-order chi connectivity index (χ0) is 16.9. The quantitative estimate of drug-likeness (QED) is 0.716. The number of nitrogens with two attached hydrogens (primary N) is 1. The number of benzene rings is 1. The first kappa shape index (κ1) is 17.5. The summed E-state index contributed by atoms with van der Waals surface area (Å²) >= 11 is 0. The number of carbonyl (C=O) groups excluding carboxylic acids is 3. The highest BCUT2D eigenvalue weighted by Crippen LogP contribution is 2.18. The molecule has 0 spiro atoms. The van der Waals surface area contributed by atoms with E-state index < -0.39 is 23.4 Å². The summed E-state index contributed by atoms with van der Waals surface area (Å²) < 4.78 is 4.65. The van der Waals surface area contributed by atoms with Crippen molar-refractivity contribution < 1.29 is 19.1 Å². The van der Waals surface area contributed by atoms with E-state index in [-0.39, 0.29) is 17.2 Å². The largest absolute Gasteiger partial charge is 0.465 e. The molecule has 1 aromatic rings. The van der Waals surface area contributed by atoms with Crippen LogP contribution < -0.4 is 16.4 Å². The third-order valence-corrected chi connectivity index (χ3v) is 3.62. The maximum Gasteiger partial charge on any atom is 0.339 e. The summed E-state index contributed by atoms with van der Waals surface area (Å²) in [6.07, 6.45) is 0. The Labute approximate surface area is 129 Å². The third kappa shape index (κ3) is 3.75. The molecule has 0 aliphatic carbocycles. The molecule has 0 heterocycles. The molecule has 0 radical (unpaired) electrons. The van der Waals surface area contributed by atoms with Gasteiger partial charge in [-0.3, -0.25) is 4.79 Å². The number of amides is 3. The lowest BCUT2D eigenvalue weighted by atomic mass is 9.88. The summed E-state index contributed by atoms with van der Waals surface area (Å²) in [5.74, 6) is -1.41. The second-order valence-corrected chi connectivity index (χ2v) is 5.34. The van der Waals surface area contributed by atoms with E-state index in [4.69, 9.17) is 5.73 Å². The molecular weight excluding hydrogens is 286 g/mol. The minimum absolute atomic E-state index is 0.202. The first-order valence-electron chi connectivity index (χ1n) is 6.78. The first-order chi connectivity index (χ1) is 10.2. The monoisotopic (exact) mass is 307 g/mol. The van der Waals surface area contributed by atoms with Crippen molar-refractivity contribution in [3.8, 4) is 0 Å². The van der Waals surface area contributed by atoms with Gasteiger partial charge < -0.3 is 21.1 Å². The van der Waals surface area contributed by atoms with Gasteiger partial charge in [0.15, 0.2) is 0 Å². The molecule has 1 rings (SSSR count). The third-order valence-electron chi connectivity index (χ3n) is 3.62. The van der Waals surface area contributed by atoms with Crippen LogP contribution in [-0.2, 0) is 9.53 Å². The Bertz CT molecular complexity index is 586. The average molecular weight is 307 g/mol. The van der Waals surface area contributed by atoms with E-state index in [1.807, 2.05) is 0 Å². The summed E-state index contributed by atoms with van der Waals surface area (Å²) in [4.78, 5) is 35.3. The molecule has 7 heteroatoms. The Kier molecular flexibility index (Phi) is 5.50. The van der Waals surface area contributed by atoms with E-state index in [9.17, 15) is 14.4 Å². The van der Waals surface area contributed by atoms with Gasteiger partial charge >= 0.3 is 12.0 Å². The van der Waals surface area contributed by atoms with Gasteiger partial charge in [0.1, 0.15) is 5.54 Å². The lowest BCUT2D eigenvalue weighted by Crippen LogP contribution is -2.59. The maximum absolute atomic E-state index is 12.1. The lowest BCUT2D eigenvalue weighted by molar-refractivity contribution is -0.124. The molecule has 0 aliphatic heterocycles. The van der Waals surface area contributed by atoms with Gasteiger partial charge in [-0.2, -0.15) is 0 Å². The summed E-state index contributed by atoms with van der Waals surface area (Å²) in [6, 6.07) is 5.76. The van der Waals surface area contributed by atoms with E-state index in [0.29, 0.717) is 0 Å². The molecule has 1 unspecified atom stereocenters. The molecule has 3 amide bonds. The maximum atomic E-state index is 12.1. The Morgan fingerprint density at radius 3 is 2.32 bits per heavy atom. The molecule has 0 aromatic heterocycles. The van der Waals surface area contributed by atoms with Crippen LogP contribution in [0.15, 0.2) is 24.3 Å². The fourth-order valence-corrected chi connectivity index (χ4v) is 1.76.